The van der Waals surface area contributed by atoms with Crippen LogP contribution in [0.4, 0.5) is 0 Å². The lowest BCUT2D eigenvalue weighted by atomic mass is 9.76. The van der Waals surface area contributed by atoms with E-state index in [9.17, 15) is 5.11 Å². The summed E-state index contributed by atoms with van der Waals surface area (Å²) in [5.74, 6) is 0.772. The maximum Gasteiger partial charge on any atom is 0.0613 e. The van der Waals surface area contributed by atoms with Crippen LogP contribution in [0.5, 0.6) is 0 Å². The third-order valence-electron chi connectivity index (χ3n) is 4.76. The van der Waals surface area contributed by atoms with Gasteiger partial charge >= 0.3 is 0 Å². The van der Waals surface area contributed by atoms with Gasteiger partial charge in [-0.25, -0.2) is 0 Å². The van der Waals surface area contributed by atoms with E-state index in [0.29, 0.717) is 12.6 Å². The molecule has 2 unspecified atom stereocenters. The van der Waals surface area contributed by atoms with Crippen LogP contribution in [-0.4, -0.2) is 23.3 Å². The zero-order valence-corrected chi connectivity index (χ0v) is 11.4. The fourth-order valence-corrected chi connectivity index (χ4v) is 3.84. The van der Waals surface area contributed by atoms with E-state index in [4.69, 9.17) is 0 Å². The molecular weight excluding hydrogens is 210 g/mol. The van der Waals surface area contributed by atoms with E-state index < -0.39 is 0 Å². The van der Waals surface area contributed by atoms with Crippen molar-refractivity contribution in [1.82, 2.24) is 5.32 Å². The first-order chi connectivity index (χ1) is 8.24. The molecule has 0 radical (unpaired) electrons. The Morgan fingerprint density at radius 2 is 1.76 bits per heavy atom. The highest BCUT2D eigenvalue weighted by Crippen LogP contribution is 2.33. The predicted octanol–water partition coefficient (Wildman–Crippen LogP) is 3.24. The molecular formula is C15H29NO. The lowest BCUT2D eigenvalue weighted by Crippen LogP contribution is -2.55. The van der Waals surface area contributed by atoms with Gasteiger partial charge in [0.15, 0.2) is 0 Å². The van der Waals surface area contributed by atoms with Crippen molar-refractivity contribution in [3.63, 3.8) is 0 Å². The van der Waals surface area contributed by atoms with E-state index in [1.165, 1.54) is 64.2 Å². The topological polar surface area (TPSA) is 32.3 Å². The molecule has 2 heteroatoms. The van der Waals surface area contributed by atoms with E-state index in [-0.39, 0.29) is 5.54 Å². The molecule has 0 amide bonds. The Balaban J connectivity index is 1.92. The van der Waals surface area contributed by atoms with E-state index in [0.717, 1.165) is 5.92 Å². The zero-order valence-electron chi connectivity index (χ0n) is 11.4. The molecule has 2 atom stereocenters. The molecule has 2 N–H and O–H groups in total. The number of nitrogens with one attached hydrogen (secondary N) is 1. The van der Waals surface area contributed by atoms with Crippen LogP contribution in [0.1, 0.15) is 71.1 Å². The summed E-state index contributed by atoms with van der Waals surface area (Å²) in [5.41, 5.74) is 0.0483. The van der Waals surface area contributed by atoms with Gasteiger partial charge in [0.1, 0.15) is 0 Å². The SMILES string of the molecule is CC1CCCC(CO)(NC2CCCCCC2)C1. The van der Waals surface area contributed by atoms with Crippen LogP contribution in [0.2, 0.25) is 0 Å². The normalized spacial score (nSPS) is 36.7. The Bertz CT molecular complexity index is 223. The van der Waals surface area contributed by atoms with Crippen molar-refractivity contribution in [3.05, 3.63) is 0 Å². The van der Waals surface area contributed by atoms with Gasteiger partial charge in [-0.1, -0.05) is 45.4 Å². The second-order valence-electron chi connectivity index (χ2n) is 6.47. The zero-order chi connectivity index (χ0) is 12.1. The molecule has 2 fully saturated rings. The molecule has 0 aromatic heterocycles. The largest absolute Gasteiger partial charge is 0.394 e. The quantitative estimate of drug-likeness (QED) is 0.741. The van der Waals surface area contributed by atoms with E-state index in [1.807, 2.05) is 0 Å². The summed E-state index contributed by atoms with van der Waals surface area (Å²) in [6.07, 6.45) is 13.1. The Morgan fingerprint density at radius 3 is 2.35 bits per heavy atom. The Morgan fingerprint density at radius 1 is 1.06 bits per heavy atom. The second kappa shape index (κ2) is 6.19. The number of hydrogen-bond donors (Lipinski definition) is 2. The molecule has 2 rings (SSSR count). The molecule has 0 spiro atoms. The molecule has 2 aliphatic carbocycles. The van der Waals surface area contributed by atoms with Crippen LogP contribution in [0.3, 0.4) is 0 Å². The van der Waals surface area contributed by atoms with Gasteiger partial charge in [-0.2, -0.15) is 0 Å². The molecule has 17 heavy (non-hydrogen) atoms. The summed E-state index contributed by atoms with van der Waals surface area (Å²) in [5, 5.41) is 13.6. The van der Waals surface area contributed by atoms with Gasteiger partial charge in [-0.15, -0.1) is 0 Å². The van der Waals surface area contributed by atoms with Crippen LogP contribution >= 0.6 is 0 Å². The highest BCUT2D eigenvalue weighted by atomic mass is 16.3. The van der Waals surface area contributed by atoms with Crippen LogP contribution in [0.25, 0.3) is 0 Å². The van der Waals surface area contributed by atoms with Crippen LogP contribution in [-0.2, 0) is 0 Å². The maximum atomic E-state index is 9.80. The minimum Gasteiger partial charge on any atom is -0.394 e. The van der Waals surface area contributed by atoms with E-state index in [1.54, 1.807) is 0 Å². The van der Waals surface area contributed by atoms with Crippen molar-refractivity contribution in [2.75, 3.05) is 6.61 Å². The third kappa shape index (κ3) is 3.69. The summed E-state index contributed by atoms with van der Waals surface area (Å²) < 4.78 is 0. The molecule has 2 aliphatic rings. The molecule has 100 valence electrons. The van der Waals surface area contributed by atoms with Crippen molar-refractivity contribution in [2.45, 2.75) is 82.7 Å². The smallest absolute Gasteiger partial charge is 0.0613 e. The fraction of sp³-hybridized carbons (Fsp3) is 1.00. The number of aliphatic hydroxyl groups is 1. The second-order valence-corrected chi connectivity index (χ2v) is 6.47. The van der Waals surface area contributed by atoms with Gasteiger partial charge in [0.2, 0.25) is 0 Å². The maximum absolute atomic E-state index is 9.80. The summed E-state index contributed by atoms with van der Waals surface area (Å²) in [6.45, 7) is 2.66. The lowest BCUT2D eigenvalue weighted by Gasteiger charge is -2.42. The van der Waals surface area contributed by atoms with Crippen molar-refractivity contribution in [3.8, 4) is 0 Å². The number of rotatable bonds is 3. The minimum atomic E-state index is 0.0483. The van der Waals surface area contributed by atoms with Crippen LogP contribution in [0.15, 0.2) is 0 Å². The summed E-state index contributed by atoms with van der Waals surface area (Å²) in [7, 11) is 0. The van der Waals surface area contributed by atoms with Crippen molar-refractivity contribution >= 4 is 0 Å². The summed E-state index contributed by atoms with van der Waals surface area (Å²) in [4.78, 5) is 0. The average molecular weight is 239 g/mol. The number of hydrogen-bond acceptors (Lipinski definition) is 2. The third-order valence-corrected chi connectivity index (χ3v) is 4.76. The van der Waals surface area contributed by atoms with Crippen LogP contribution < -0.4 is 5.32 Å². The Hall–Kier alpha value is -0.0800. The molecule has 2 saturated carbocycles. The molecule has 0 saturated heterocycles. The fourth-order valence-electron chi connectivity index (χ4n) is 3.84. The molecule has 0 aromatic rings. The van der Waals surface area contributed by atoms with Gasteiger partial charge in [0.25, 0.3) is 0 Å². The first kappa shape index (κ1) is 13.4. The molecule has 0 aliphatic heterocycles. The molecule has 2 nitrogen and oxygen atoms in total. The highest BCUT2D eigenvalue weighted by Gasteiger charge is 2.35. The van der Waals surface area contributed by atoms with Crippen molar-refractivity contribution in [1.29, 1.82) is 0 Å². The Labute approximate surface area is 106 Å². The van der Waals surface area contributed by atoms with Crippen molar-refractivity contribution < 1.29 is 5.11 Å². The average Bonchev–Trinajstić information content (AvgIpc) is 2.57. The van der Waals surface area contributed by atoms with Gasteiger partial charge in [0, 0.05) is 11.6 Å². The van der Waals surface area contributed by atoms with Gasteiger partial charge in [-0.05, 0) is 31.6 Å². The lowest BCUT2D eigenvalue weighted by molar-refractivity contribution is 0.0859. The van der Waals surface area contributed by atoms with Gasteiger partial charge in [-0.3, -0.25) is 0 Å². The predicted molar refractivity (Wildman–Crippen MR) is 72.1 cm³/mol. The van der Waals surface area contributed by atoms with E-state index in [2.05, 4.69) is 12.2 Å². The molecule has 0 aromatic carbocycles. The standard InChI is InChI=1S/C15H29NO/c1-13-7-6-10-15(11-13,12-17)16-14-8-4-2-3-5-9-14/h13-14,16-17H,2-12H2,1H3. The van der Waals surface area contributed by atoms with Crippen molar-refractivity contribution in [2.24, 2.45) is 5.92 Å². The van der Waals surface area contributed by atoms with E-state index >= 15 is 0 Å². The molecule has 0 heterocycles. The first-order valence-corrected chi connectivity index (χ1v) is 7.63. The summed E-state index contributed by atoms with van der Waals surface area (Å²) >= 11 is 0. The Kier molecular flexibility index (Phi) is 4.87. The summed E-state index contributed by atoms with van der Waals surface area (Å²) in [6, 6.07) is 0.662. The highest BCUT2D eigenvalue weighted by molar-refractivity contribution is 4.94. The van der Waals surface area contributed by atoms with Crippen LogP contribution in [0, 0.1) is 5.92 Å². The van der Waals surface area contributed by atoms with Gasteiger partial charge in [0.05, 0.1) is 6.61 Å². The molecule has 0 bridgehead atoms. The minimum absolute atomic E-state index is 0.0483. The van der Waals surface area contributed by atoms with Gasteiger partial charge < -0.3 is 10.4 Å². The first-order valence-electron chi connectivity index (χ1n) is 7.63. The number of aliphatic hydroxyl groups excluding tert-OH is 1. The monoisotopic (exact) mass is 239 g/mol.